The molecule has 0 amide bonds. The molecule has 1 aliphatic heterocycles. The van der Waals surface area contributed by atoms with Gasteiger partial charge in [0, 0.05) is 13.0 Å². The number of aliphatic hydroxyl groups is 2. The van der Waals surface area contributed by atoms with Crippen molar-refractivity contribution < 1.29 is 38.7 Å². The molecular weight excluding hydrogens is 356 g/mol. The Morgan fingerprint density at radius 2 is 1.74 bits per heavy atom. The Bertz CT molecular complexity index is 441. The average Bonchev–Trinajstić information content (AvgIpc) is 2.68. The molecule has 0 bridgehead atoms. The van der Waals surface area contributed by atoms with Crippen molar-refractivity contribution in [1.29, 1.82) is 0 Å². The van der Waals surface area contributed by atoms with Crippen molar-refractivity contribution >= 4 is 5.97 Å². The molecular formula is C19H32O8. The first-order chi connectivity index (χ1) is 13.1. The number of rotatable bonds is 14. The van der Waals surface area contributed by atoms with Gasteiger partial charge in [-0.05, 0) is 12.8 Å². The van der Waals surface area contributed by atoms with Gasteiger partial charge in [-0.15, -0.1) is 13.2 Å². The van der Waals surface area contributed by atoms with Gasteiger partial charge in [-0.25, -0.2) is 0 Å². The van der Waals surface area contributed by atoms with Gasteiger partial charge in [0.25, 0.3) is 0 Å². The molecule has 0 aromatic heterocycles. The summed E-state index contributed by atoms with van der Waals surface area (Å²) in [6.07, 6.45) is 1.61. The van der Waals surface area contributed by atoms with Crippen LogP contribution in [0.25, 0.3) is 0 Å². The number of hydrogen-bond acceptors (Lipinski definition) is 8. The van der Waals surface area contributed by atoms with Gasteiger partial charge >= 0.3 is 5.97 Å². The zero-order chi connectivity index (χ0) is 20.1. The van der Waals surface area contributed by atoms with Crippen molar-refractivity contribution in [1.82, 2.24) is 0 Å². The molecule has 0 aliphatic carbocycles. The average molecular weight is 388 g/mol. The van der Waals surface area contributed by atoms with Gasteiger partial charge < -0.3 is 33.9 Å². The zero-order valence-corrected chi connectivity index (χ0v) is 16.0. The van der Waals surface area contributed by atoms with Gasteiger partial charge in [0.15, 0.2) is 6.29 Å². The number of carbonyl (C=O) groups is 1. The molecule has 8 nitrogen and oxygen atoms in total. The molecule has 1 heterocycles. The van der Waals surface area contributed by atoms with Crippen LogP contribution in [0, 0.1) is 0 Å². The minimum Gasteiger partial charge on any atom is -0.469 e. The molecule has 0 aromatic carbocycles. The number of hydrogen-bond donors (Lipinski definition) is 2. The first-order valence-corrected chi connectivity index (χ1v) is 9.16. The fourth-order valence-corrected chi connectivity index (χ4v) is 2.75. The molecule has 0 radical (unpaired) electrons. The fourth-order valence-electron chi connectivity index (χ4n) is 2.75. The highest BCUT2D eigenvalue weighted by atomic mass is 16.7. The first kappa shape index (κ1) is 23.7. The van der Waals surface area contributed by atoms with Crippen LogP contribution in [0.4, 0.5) is 0 Å². The maximum atomic E-state index is 11.1. The topological polar surface area (TPSA) is 104 Å². The van der Waals surface area contributed by atoms with E-state index in [4.69, 9.17) is 18.9 Å². The summed E-state index contributed by atoms with van der Waals surface area (Å²) >= 11 is 0. The minimum absolute atomic E-state index is 0.216. The molecule has 2 N–H and O–H groups in total. The minimum atomic E-state index is -1.07. The third-order valence-corrected chi connectivity index (χ3v) is 4.15. The Morgan fingerprint density at radius 1 is 1.07 bits per heavy atom. The second-order valence-corrected chi connectivity index (χ2v) is 6.15. The van der Waals surface area contributed by atoms with E-state index in [0.29, 0.717) is 19.4 Å². The van der Waals surface area contributed by atoms with Gasteiger partial charge in [0.1, 0.15) is 24.4 Å². The second-order valence-electron chi connectivity index (χ2n) is 6.15. The van der Waals surface area contributed by atoms with Crippen LogP contribution in [-0.4, -0.2) is 80.4 Å². The van der Waals surface area contributed by atoms with Gasteiger partial charge in [-0.1, -0.05) is 18.6 Å². The molecule has 5 atom stereocenters. The second kappa shape index (κ2) is 13.8. The van der Waals surface area contributed by atoms with E-state index < -0.39 is 30.7 Å². The third-order valence-electron chi connectivity index (χ3n) is 4.15. The van der Waals surface area contributed by atoms with Crippen molar-refractivity contribution in [3.05, 3.63) is 25.3 Å². The van der Waals surface area contributed by atoms with Crippen molar-refractivity contribution in [2.45, 2.75) is 56.4 Å². The lowest BCUT2D eigenvalue weighted by atomic mass is 9.98. The largest absolute Gasteiger partial charge is 0.469 e. The van der Waals surface area contributed by atoms with Gasteiger partial charge in [-0.3, -0.25) is 4.79 Å². The van der Waals surface area contributed by atoms with Gasteiger partial charge in [0.05, 0.1) is 26.9 Å². The number of carbonyl (C=O) groups excluding carboxylic acids is 1. The van der Waals surface area contributed by atoms with Crippen LogP contribution in [0.2, 0.25) is 0 Å². The summed E-state index contributed by atoms with van der Waals surface area (Å²) in [5.74, 6) is -0.230. The molecule has 1 rings (SSSR count). The number of aliphatic hydroxyl groups excluding tert-OH is 2. The van der Waals surface area contributed by atoms with Crippen LogP contribution in [0.15, 0.2) is 25.3 Å². The molecule has 1 aliphatic rings. The molecule has 0 spiro atoms. The summed E-state index contributed by atoms with van der Waals surface area (Å²) in [5, 5.41) is 19.9. The molecule has 27 heavy (non-hydrogen) atoms. The number of unbranched alkanes of at least 4 members (excludes halogenated alkanes) is 2. The van der Waals surface area contributed by atoms with Crippen molar-refractivity contribution in [2.24, 2.45) is 0 Å². The van der Waals surface area contributed by atoms with E-state index >= 15 is 0 Å². The summed E-state index contributed by atoms with van der Waals surface area (Å²) < 4.78 is 27.4. The van der Waals surface area contributed by atoms with Gasteiger partial charge in [0.2, 0.25) is 0 Å². The van der Waals surface area contributed by atoms with E-state index in [1.807, 2.05) is 0 Å². The number of methoxy groups -OCH3 is 1. The zero-order valence-electron chi connectivity index (χ0n) is 16.0. The molecule has 1 fully saturated rings. The highest BCUT2D eigenvalue weighted by Crippen LogP contribution is 2.27. The highest BCUT2D eigenvalue weighted by molar-refractivity contribution is 5.68. The monoisotopic (exact) mass is 388 g/mol. The Morgan fingerprint density at radius 3 is 2.33 bits per heavy atom. The van der Waals surface area contributed by atoms with Crippen molar-refractivity contribution in [3.63, 3.8) is 0 Å². The SMILES string of the molecule is C=CCO[C@H]1[C@@H](OCCCCCC(=O)OC)O[C@H](CO)[C@H](O)[C@@H]1OCC=C. The molecule has 8 heteroatoms. The van der Waals surface area contributed by atoms with Crippen molar-refractivity contribution in [3.8, 4) is 0 Å². The van der Waals surface area contributed by atoms with E-state index in [1.165, 1.54) is 7.11 Å². The third kappa shape index (κ3) is 8.08. The summed E-state index contributed by atoms with van der Waals surface area (Å²) in [5.41, 5.74) is 0. The smallest absolute Gasteiger partial charge is 0.305 e. The van der Waals surface area contributed by atoms with Crippen LogP contribution in [-0.2, 0) is 28.5 Å². The van der Waals surface area contributed by atoms with E-state index in [-0.39, 0.29) is 25.8 Å². The Balaban J connectivity index is 2.61. The molecule has 0 aromatic rings. The Kier molecular flexibility index (Phi) is 12.2. The lowest BCUT2D eigenvalue weighted by Gasteiger charge is -2.43. The quantitative estimate of drug-likeness (QED) is 0.258. The maximum Gasteiger partial charge on any atom is 0.305 e. The van der Waals surface area contributed by atoms with E-state index in [2.05, 4.69) is 17.9 Å². The molecule has 1 saturated heterocycles. The van der Waals surface area contributed by atoms with Gasteiger partial charge in [-0.2, -0.15) is 0 Å². The summed E-state index contributed by atoms with van der Waals surface area (Å²) in [6.45, 7) is 7.68. The van der Waals surface area contributed by atoms with E-state index in [9.17, 15) is 15.0 Å². The maximum absolute atomic E-state index is 11.1. The Hall–Kier alpha value is -1.29. The lowest BCUT2D eigenvalue weighted by Crippen LogP contribution is -2.61. The predicted molar refractivity (Wildman–Crippen MR) is 98.1 cm³/mol. The van der Waals surface area contributed by atoms with Crippen LogP contribution >= 0.6 is 0 Å². The molecule has 156 valence electrons. The van der Waals surface area contributed by atoms with Crippen molar-refractivity contribution in [2.75, 3.05) is 33.5 Å². The number of esters is 1. The highest BCUT2D eigenvalue weighted by Gasteiger charge is 2.47. The normalized spacial score (nSPS) is 27.9. The standard InChI is InChI=1S/C19H32O8/c1-4-10-24-17-16(22)14(13-20)27-19(18(17)25-11-5-2)26-12-8-6-7-9-15(21)23-3/h4-5,14,16-20,22H,1-2,6-13H2,3H3/t14-,16+,17+,18-,19+/m1/s1. The van der Waals surface area contributed by atoms with Crippen LogP contribution in [0.5, 0.6) is 0 Å². The fraction of sp³-hybridized carbons (Fsp3) is 0.737. The summed E-state index contributed by atoms with van der Waals surface area (Å²) in [7, 11) is 1.37. The molecule has 0 saturated carbocycles. The van der Waals surface area contributed by atoms with E-state index in [0.717, 1.165) is 12.8 Å². The van der Waals surface area contributed by atoms with Crippen LogP contribution in [0.3, 0.4) is 0 Å². The first-order valence-electron chi connectivity index (χ1n) is 9.16. The summed E-state index contributed by atoms with van der Waals surface area (Å²) in [6, 6.07) is 0. The number of ether oxygens (including phenoxy) is 5. The molecule has 0 unspecified atom stereocenters. The van der Waals surface area contributed by atoms with Crippen LogP contribution < -0.4 is 0 Å². The van der Waals surface area contributed by atoms with Crippen LogP contribution in [0.1, 0.15) is 25.7 Å². The Labute approximate surface area is 160 Å². The van der Waals surface area contributed by atoms with E-state index in [1.54, 1.807) is 12.2 Å². The summed E-state index contributed by atoms with van der Waals surface area (Å²) in [4.78, 5) is 11.1. The lowest BCUT2D eigenvalue weighted by molar-refractivity contribution is -0.313. The predicted octanol–water partition coefficient (Wildman–Crippen LogP) is 0.957.